The highest BCUT2D eigenvalue weighted by Crippen LogP contribution is 2.28. The van der Waals surface area contributed by atoms with Crippen molar-refractivity contribution in [1.29, 1.82) is 0 Å². The van der Waals surface area contributed by atoms with E-state index in [2.05, 4.69) is 11.9 Å². The number of benzene rings is 1. The number of ether oxygens (including phenoxy) is 5. The van der Waals surface area contributed by atoms with Crippen LogP contribution in [0.4, 0.5) is 0 Å². The smallest absolute Gasteiger partial charge is 0.305 e. The van der Waals surface area contributed by atoms with Gasteiger partial charge in [0.15, 0.2) is 12.2 Å². The van der Waals surface area contributed by atoms with Crippen LogP contribution in [-0.4, -0.2) is 67.0 Å². The van der Waals surface area contributed by atoms with Gasteiger partial charge in [-0.2, -0.15) is 0 Å². The highest BCUT2D eigenvalue weighted by molar-refractivity contribution is 5.94. The average Bonchev–Trinajstić information content (AvgIpc) is 2.75. The largest absolute Gasteiger partial charge is 0.463 e. The van der Waals surface area contributed by atoms with Crippen molar-refractivity contribution < 1.29 is 47.7 Å². The molecule has 1 aromatic carbocycles. The molecule has 34 heavy (non-hydrogen) atoms. The van der Waals surface area contributed by atoms with Gasteiger partial charge in [-0.25, -0.2) is 0 Å². The van der Waals surface area contributed by atoms with Crippen LogP contribution in [-0.2, 0) is 42.9 Å². The SMILES string of the molecule is C=Cc1ccc(C(=O)N[C@H]2[C@H](OC(C)=O)O[C@H](COC(C)=O)[C@@H](OC(C)=O)[C@@H]2OC(C)=O)cc1. The molecule has 1 aliphatic heterocycles. The molecule has 184 valence electrons. The topological polar surface area (TPSA) is 144 Å². The molecule has 5 atom stereocenters. The van der Waals surface area contributed by atoms with Gasteiger partial charge in [0.1, 0.15) is 18.8 Å². The quantitative estimate of drug-likeness (QED) is 0.428. The molecule has 1 amide bonds. The van der Waals surface area contributed by atoms with Crippen LogP contribution in [0.2, 0.25) is 0 Å². The Bertz CT molecular complexity index is 942. The minimum atomic E-state index is -1.45. The molecule has 1 heterocycles. The Labute approximate surface area is 196 Å². The Balaban J connectivity index is 2.44. The van der Waals surface area contributed by atoms with Gasteiger partial charge in [0.05, 0.1) is 0 Å². The molecule has 1 aliphatic rings. The molecule has 2 rings (SSSR count). The van der Waals surface area contributed by atoms with Crippen molar-refractivity contribution in [3.63, 3.8) is 0 Å². The standard InChI is InChI=1S/C23H27NO10/c1-6-16-7-9-17(10-8-16)22(29)24-19-21(32-14(4)27)20(31-13(3)26)18(11-30-12(2)25)34-23(19)33-15(5)28/h6-10,18-21,23H,1,11H2,2-5H3,(H,24,29)/t18-,19-,20-,21-,23-/m1/s1. The number of hydrogen-bond acceptors (Lipinski definition) is 10. The van der Waals surface area contributed by atoms with Crippen molar-refractivity contribution in [3.05, 3.63) is 42.0 Å². The Morgan fingerprint density at radius 3 is 1.94 bits per heavy atom. The third-order valence-corrected chi connectivity index (χ3v) is 4.69. The zero-order chi connectivity index (χ0) is 25.4. The molecule has 0 aliphatic carbocycles. The summed E-state index contributed by atoms with van der Waals surface area (Å²) in [5.41, 5.74) is 1.04. The van der Waals surface area contributed by atoms with Crippen LogP contribution in [0.1, 0.15) is 43.6 Å². The molecule has 0 aromatic heterocycles. The first-order valence-electron chi connectivity index (χ1n) is 10.4. The first-order chi connectivity index (χ1) is 16.0. The number of nitrogens with one attached hydrogen (secondary N) is 1. The molecule has 0 saturated carbocycles. The maximum absolute atomic E-state index is 13.0. The number of carbonyl (C=O) groups excluding carboxylic acids is 5. The van der Waals surface area contributed by atoms with E-state index in [1.54, 1.807) is 30.3 Å². The second-order valence-corrected chi connectivity index (χ2v) is 7.43. The highest BCUT2D eigenvalue weighted by atomic mass is 16.7. The lowest BCUT2D eigenvalue weighted by molar-refractivity contribution is -0.270. The van der Waals surface area contributed by atoms with E-state index in [1.807, 2.05) is 0 Å². The van der Waals surface area contributed by atoms with E-state index >= 15 is 0 Å². The summed E-state index contributed by atoms with van der Waals surface area (Å²) in [6, 6.07) is 5.17. The van der Waals surface area contributed by atoms with Gasteiger partial charge in [-0.1, -0.05) is 24.8 Å². The second-order valence-electron chi connectivity index (χ2n) is 7.43. The Morgan fingerprint density at radius 2 is 1.44 bits per heavy atom. The molecule has 0 unspecified atom stereocenters. The van der Waals surface area contributed by atoms with Crippen molar-refractivity contribution in [2.75, 3.05) is 6.61 Å². The summed E-state index contributed by atoms with van der Waals surface area (Å²) in [6.45, 7) is 7.79. The number of hydrogen-bond donors (Lipinski definition) is 1. The van der Waals surface area contributed by atoms with Gasteiger partial charge in [0.25, 0.3) is 5.91 Å². The van der Waals surface area contributed by atoms with E-state index in [1.165, 1.54) is 0 Å². The summed E-state index contributed by atoms with van der Waals surface area (Å²) in [5, 5.41) is 2.63. The molecular weight excluding hydrogens is 450 g/mol. The summed E-state index contributed by atoms with van der Waals surface area (Å²) in [6.07, 6.45) is -3.64. The molecule has 0 spiro atoms. The molecule has 0 bridgehead atoms. The van der Waals surface area contributed by atoms with Gasteiger partial charge in [-0.3, -0.25) is 24.0 Å². The van der Waals surface area contributed by atoms with Crippen LogP contribution in [0.3, 0.4) is 0 Å². The predicted octanol–water partition coefficient (Wildman–Crippen LogP) is 1.14. The minimum Gasteiger partial charge on any atom is -0.463 e. The number of rotatable bonds is 8. The fourth-order valence-electron chi connectivity index (χ4n) is 3.33. The van der Waals surface area contributed by atoms with Gasteiger partial charge < -0.3 is 29.0 Å². The molecular formula is C23H27NO10. The molecule has 1 fully saturated rings. The maximum Gasteiger partial charge on any atom is 0.305 e. The fourth-order valence-corrected chi connectivity index (χ4v) is 3.33. The minimum absolute atomic E-state index is 0.250. The van der Waals surface area contributed by atoms with Gasteiger partial charge in [-0.05, 0) is 17.7 Å². The monoisotopic (exact) mass is 477 g/mol. The van der Waals surface area contributed by atoms with Crippen molar-refractivity contribution in [2.45, 2.75) is 58.3 Å². The predicted molar refractivity (Wildman–Crippen MR) is 116 cm³/mol. The lowest BCUT2D eigenvalue weighted by Crippen LogP contribution is -2.67. The van der Waals surface area contributed by atoms with Gasteiger partial charge in [-0.15, -0.1) is 0 Å². The average molecular weight is 477 g/mol. The van der Waals surface area contributed by atoms with Crippen molar-refractivity contribution >= 4 is 35.9 Å². The molecule has 1 aromatic rings. The second kappa shape index (κ2) is 11.9. The van der Waals surface area contributed by atoms with Gasteiger partial charge in [0, 0.05) is 33.3 Å². The fraction of sp³-hybridized carbons (Fsp3) is 0.435. The number of amides is 1. The van der Waals surface area contributed by atoms with Crippen LogP contribution >= 0.6 is 0 Å². The van der Waals surface area contributed by atoms with E-state index in [9.17, 15) is 24.0 Å². The van der Waals surface area contributed by atoms with Crippen molar-refractivity contribution in [3.8, 4) is 0 Å². The van der Waals surface area contributed by atoms with E-state index in [4.69, 9.17) is 23.7 Å². The van der Waals surface area contributed by atoms with E-state index in [-0.39, 0.29) is 5.56 Å². The summed E-state index contributed by atoms with van der Waals surface area (Å²) in [7, 11) is 0. The lowest BCUT2D eigenvalue weighted by atomic mass is 9.95. The summed E-state index contributed by atoms with van der Waals surface area (Å²) in [4.78, 5) is 59.7. The summed E-state index contributed by atoms with van der Waals surface area (Å²) in [5.74, 6) is -3.49. The van der Waals surface area contributed by atoms with Gasteiger partial charge in [0.2, 0.25) is 6.29 Å². The number of esters is 4. The number of carbonyl (C=O) groups is 5. The third-order valence-electron chi connectivity index (χ3n) is 4.69. The molecule has 11 heteroatoms. The first kappa shape index (κ1) is 26.5. The van der Waals surface area contributed by atoms with E-state index < -0.39 is 67.0 Å². The van der Waals surface area contributed by atoms with Crippen LogP contribution in [0.5, 0.6) is 0 Å². The zero-order valence-corrected chi connectivity index (χ0v) is 19.3. The Morgan fingerprint density at radius 1 is 0.882 bits per heavy atom. The van der Waals surface area contributed by atoms with Gasteiger partial charge >= 0.3 is 23.9 Å². The van der Waals surface area contributed by atoms with E-state index in [0.29, 0.717) is 0 Å². The third kappa shape index (κ3) is 7.41. The summed E-state index contributed by atoms with van der Waals surface area (Å²) < 4.78 is 26.6. The normalized spacial score (nSPS) is 23.7. The first-order valence-corrected chi connectivity index (χ1v) is 10.4. The highest BCUT2D eigenvalue weighted by Gasteiger charge is 2.52. The van der Waals surface area contributed by atoms with Crippen LogP contribution < -0.4 is 5.32 Å². The molecule has 11 nitrogen and oxygen atoms in total. The Kier molecular flexibility index (Phi) is 9.31. The molecule has 1 N–H and O–H groups in total. The Hall–Kier alpha value is -3.73. The maximum atomic E-state index is 13.0. The molecule has 1 saturated heterocycles. The van der Waals surface area contributed by atoms with Crippen molar-refractivity contribution in [1.82, 2.24) is 5.32 Å². The van der Waals surface area contributed by atoms with Crippen molar-refractivity contribution in [2.24, 2.45) is 0 Å². The molecule has 0 radical (unpaired) electrons. The summed E-state index contributed by atoms with van der Waals surface area (Å²) >= 11 is 0. The zero-order valence-electron chi connectivity index (χ0n) is 19.3. The van der Waals surface area contributed by atoms with Crippen LogP contribution in [0.25, 0.3) is 6.08 Å². The lowest BCUT2D eigenvalue weighted by Gasteiger charge is -2.44. The van der Waals surface area contributed by atoms with E-state index in [0.717, 1.165) is 33.3 Å². The van der Waals surface area contributed by atoms with Crippen LogP contribution in [0.15, 0.2) is 30.8 Å². The van der Waals surface area contributed by atoms with Crippen LogP contribution in [0, 0.1) is 0 Å².